The van der Waals surface area contributed by atoms with Crippen molar-refractivity contribution in [3.05, 3.63) is 12.7 Å². The first-order valence-corrected chi connectivity index (χ1v) is 3.97. The first-order valence-electron chi connectivity index (χ1n) is 3.97. The van der Waals surface area contributed by atoms with Gasteiger partial charge in [-0.25, -0.2) is 0 Å². The molecule has 0 saturated heterocycles. The highest BCUT2D eigenvalue weighted by atomic mass is 15.2. The average molecular weight is 152 g/mol. The molecule has 4 nitrogen and oxygen atoms in total. The maximum absolute atomic E-state index is 5.89. The van der Waals surface area contributed by atoms with Crippen LogP contribution in [0.5, 0.6) is 0 Å². The number of nitrogens with two attached hydrogens (primary N) is 1. The quantitative estimate of drug-likeness (QED) is 0.631. The molecule has 4 heteroatoms. The van der Waals surface area contributed by atoms with Gasteiger partial charge >= 0.3 is 0 Å². The molecule has 1 aromatic rings. The zero-order valence-corrected chi connectivity index (χ0v) is 6.35. The number of hydrogen-bond acceptors (Lipinski definition) is 3. The maximum Gasteiger partial charge on any atom is 0.119 e. The fourth-order valence-electron chi connectivity index (χ4n) is 1.72. The first kappa shape index (κ1) is 6.79. The molecule has 1 saturated carbocycles. The molecule has 1 aliphatic rings. The van der Waals surface area contributed by atoms with Crippen LogP contribution in [0.15, 0.2) is 12.7 Å². The van der Waals surface area contributed by atoms with Gasteiger partial charge in [-0.05, 0) is 19.3 Å². The minimum Gasteiger partial charge on any atom is -0.326 e. The maximum atomic E-state index is 5.89. The van der Waals surface area contributed by atoms with E-state index in [9.17, 15) is 0 Å². The summed E-state index contributed by atoms with van der Waals surface area (Å²) in [5, 5.41) is 7.52. The Bertz CT molecular complexity index is 218. The Morgan fingerprint density at radius 3 is 2.55 bits per heavy atom. The van der Waals surface area contributed by atoms with Gasteiger partial charge in [-0.15, -0.1) is 10.2 Å². The fraction of sp³-hybridized carbons (Fsp3) is 0.714. The van der Waals surface area contributed by atoms with E-state index in [0.29, 0.717) is 12.1 Å². The van der Waals surface area contributed by atoms with Gasteiger partial charge in [0.05, 0.1) is 6.04 Å². The lowest BCUT2D eigenvalue weighted by Crippen LogP contribution is -2.26. The Kier molecular flexibility index (Phi) is 1.62. The van der Waals surface area contributed by atoms with E-state index in [1.165, 1.54) is 12.8 Å². The van der Waals surface area contributed by atoms with E-state index in [0.717, 1.165) is 6.42 Å². The zero-order chi connectivity index (χ0) is 7.68. The molecule has 0 radical (unpaired) electrons. The fourth-order valence-corrected chi connectivity index (χ4v) is 1.72. The Labute approximate surface area is 65.4 Å². The standard InChI is InChI=1S/C7H12N4/c8-6-2-1-3-7(6)11-4-9-10-5-11/h4-7H,1-3,8H2. The van der Waals surface area contributed by atoms with E-state index >= 15 is 0 Å². The summed E-state index contributed by atoms with van der Waals surface area (Å²) in [6, 6.07) is 0.732. The number of rotatable bonds is 1. The van der Waals surface area contributed by atoms with E-state index in [1.807, 2.05) is 4.57 Å². The molecule has 2 rings (SSSR count). The highest BCUT2D eigenvalue weighted by Gasteiger charge is 2.24. The molecule has 11 heavy (non-hydrogen) atoms. The summed E-state index contributed by atoms with van der Waals surface area (Å²) in [5.74, 6) is 0. The Hall–Kier alpha value is -0.900. The minimum absolute atomic E-state index is 0.297. The van der Waals surface area contributed by atoms with E-state index in [2.05, 4.69) is 10.2 Å². The minimum atomic E-state index is 0.297. The molecule has 0 spiro atoms. The Morgan fingerprint density at radius 2 is 2.00 bits per heavy atom. The van der Waals surface area contributed by atoms with Crippen molar-refractivity contribution in [2.45, 2.75) is 31.3 Å². The molecule has 1 aromatic heterocycles. The van der Waals surface area contributed by atoms with Gasteiger partial charge in [-0.2, -0.15) is 0 Å². The SMILES string of the molecule is NC1CCCC1n1cnnc1. The summed E-state index contributed by atoms with van der Waals surface area (Å²) in [5.41, 5.74) is 5.89. The lowest BCUT2D eigenvalue weighted by molar-refractivity contribution is 0.460. The van der Waals surface area contributed by atoms with Gasteiger partial charge in [0.15, 0.2) is 0 Å². The molecule has 2 unspecified atom stereocenters. The monoisotopic (exact) mass is 152 g/mol. The third-order valence-corrected chi connectivity index (χ3v) is 2.35. The first-order chi connectivity index (χ1) is 5.38. The van der Waals surface area contributed by atoms with Crippen LogP contribution in [0, 0.1) is 0 Å². The van der Waals surface area contributed by atoms with E-state index in [1.54, 1.807) is 12.7 Å². The normalized spacial score (nSPS) is 31.0. The summed E-state index contributed by atoms with van der Waals surface area (Å²) in [4.78, 5) is 0. The van der Waals surface area contributed by atoms with Crippen LogP contribution < -0.4 is 5.73 Å². The van der Waals surface area contributed by atoms with Gasteiger partial charge < -0.3 is 10.3 Å². The van der Waals surface area contributed by atoms with Gasteiger partial charge in [0.1, 0.15) is 12.7 Å². The lowest BCUT2D eigenvalue weighted by Gasteiger charge is -2.15. The third-order valence-electron chi connectivity index (χ3n) is 2.35. The van der Waals surface area contributed by atoms with Crippen molar-refractivity contribution in [2.75, 3.05) is 0 Å². The molecule has 1 fully saturated rings. The van der Waals surface area contributed by atoms with Crippen LogP contribution in [0.4, 0.5) is 0 Å². The van der Waals surface area contributed by atoms with Crippen LogP contribution in [0.1, 0.15) is 25.3 Å². The smallest absolute Gasteiger partial charge is 0.119 e. The molecule has 1 heterocycles. The molecule has 0 amide bonds. The van der Waals surface area contributed by atoms with Crippen molar-refractivity contribution in [1.82, 2.24) is 14.8 Å². The Morgan fingerprint density at radius 1 is 1.27 bits per heavy atom. The topological polar surface area (TPSA) is 56.7 Å². The Balaban J connectivity index is 2.16. The van der Waals surface area contributed by atoms with Gasteiger partial charge in [-0.3, -0.25) is 0 Å². The van der Waals surface area contributed by atoms with Crippen molar-refractivity contribution in [3.8, 4) is 0 Å². The van der Waals surface area contributed by atoms with Crippen LogP contribution in [0.3, 0.4) is 0 Å². The van der Waals surface area contributed by atoms with Crippen LogP contribution in [-0.4, -0.2) is 20.8 Å². The summed E-state index contributed by atoms with van der Waals surface area (Å²) < 4.78 is 2.01. The molecule has 0 bridgehead atoms. The predicted octanol–water partition coefficient (Wildman–Crippen LogP) is 0.330. The molecular formula is C7H12N4. The number of aromatic nitrogens is 3. The lowest BCUT2D eigenvalue weighted by atomic mass is 10.2. The van der Waals surface area contributed by atoms with Crippen molar-refractivity contribution >= 4 is 0 Å². The molecule has 0 aliphatic heterocycles. The third kappa shape index (κ3) is 1.14. The van der Waals surface area contributed by atoms with E-state index < -0.39 is 0 Å². The van der Waals surface area contributed by atoms with Crippen LogP contribution in [0.25, 0.3) is 0 Å². The molecule has 2 N–H and O–H groups in total. The molecular weight excluding hydrogens is 140 g/mol. The second-order valence-corrected chi connectivity index (χ2v) is 3.07. The van der Waals surface area contributed by atoms with Gasteiger partial charge in [-0.1, -0.05) is 0 Å². The van der Waals surface area contributed by atoms with Gasteiger partial charge in [0.2, 0.25) is 0 Å². The largest absolute Gasteiger partial charge is 0.326 e. The van der Waals surface area contributed by atoms with Crippen molar-refractivity contribution in [2.24, 2.45) is 5.73 Å². The van der Waals surface area contributed by atoms with Crippen LogP contribution in [0.2, 0.25) is 0 Å². The van der Waals surface area contributed by atoms with Crippen molar-refractivity contribution in [1.29, 1.82) is 0 Å². The second kappa shape index (κ2) is 2.62. The van der Waals surface area contributed by atoms with Gasteiger partial charge in [0.25, 0.3) is 0 Å². The molecule has 1 aliphatic carbocycles. The number of nitrogens with zero attached hydrogens (tertiary/aromatic N) is 3. The number of hydrogen-bond donors (Lipinski definition) is 1. The predicted molar refractivity (Wildman–Crippen MR) is 40.9 cm³/mol. The van der Waals surface area contributed by atoms with Crippen molar-refractivity contribution in [3.63, 3.8) is 0 Å². The molecule has 60 valence electrons. The summed E-state index contributed by atoms with van der Waals surface area (Å²) in [6.45, 7) is 0. The highest BCUT2D eigenvalue weighted by Crippen LogP contribution is 2.27. The zero-order valence-electron chi connectivity index (χ0n) is 6.35. The van der Waals surface area contributed by atoms with Crippen LogP contribution >= 0.6 is 0 Å². The van der Waals surface area contributed by atoms with Crippen molar-refractivity contribution < 1.29 is 0 Å². The van der Waals surface area contributed by atoms with E-state index in [4.69, 9.17) is 5.73 Å². The molecule has 2 atom stereocenters. The highest BCUT2D eigenvalue weighted by molar-refractivity contribution is 4.86. The summed E-state index contributed by atoms with van der Waals surface area (Å²) in [6.07, 6.45) is 7.01. The van der Waals surface area contributed by atoms with E-state index in [-0.39, 0.29) is 0 Å². The molecule has 0 aromatic carbocycles. The summed E-state index contributed by atoms with van der Waals surface area (Å²) >= 11 is 0. The summed E-state index contributed by atoms with van der Waals surface area (Å²) in [7, 11) is 0. The van der Waals surface area contributed by atoms with Gasteiger partial charge in [0, 0.05) is 6.04 Å². The second-order valence-electron chi connectivity index (χ2n) is 3.07. The average Bonchev–Trinajstić information content (AvgIpc) is 2.55. The van der Waals surface area contributed by atoms with Crippen LogP contribution in [-0.2, 0) is 0 Å².